The second-order valence-electron chi connectivity index (χ2n) is 3.35. The first-order chi connectivity index (χ1) is 6.36. The third-order valence-electron chi connectivity index (χ3n) is 2.13. The maximum absolute atomic E-state index is 2.27. The molecule has 0 saturated heterocycles. The maximum atomic E-state index is 2.27. The van der Waals surface area contributed by atoms with Crippen LogP contribution >= 0.6 is 0 Å². The van der Waals surface area contributed by atoms with Gasteiger partial charge >= 0.3 is 0 Å². The van der Waals surface area contributed by atoms with Crippen LogP contribution in [0.5, 0.6) is 0 Å². The Hall–Kier alpha value is -1.04. The van der Waals surface area contributed by atoms with E-state index in [2.05, 4.69) is 50.3 Å². The monoisotopic (exact) mass is 174 g/mol. The van der Waals surface area contributed by atoms with Crippen LogP contribution in [-0.2, 0) is 6.42 Å². The molecule has 0 heterocycles. The SMILES string of the molecule is CC=Cc1cccc(CCCC)c1. The fraction of sp³-hybridized carbons (Fsp3) is 0.385. The summed E-state index contributed by atoms with van der Waals surface area (Å²) in [5, 5.41) is 0. The molecule has 1 aromatic carbocycles. The number of aryl methyl sites for hydroxylation is 1. The van der Waals surface area contributed by atoms with E-state index >= 15 is 0 Å². The van der Waals surface area contributed by atoms with Crippen molar-refractivity contribution in [2.24, 2.45) is 0 Å². The summed E-state index contributed by atoms with van der Waals surface area (Å²) in [5.41, 5.74) is 2.77. The van der Waals surface area contributed by atoms with E-state index < -0.39 is 0 Å². The topological polar surface area (TPSA) is 0 Å². The zero-order valence-electron chi connectivity index (χ0n) is 8.59. The Labute approximate surface area is 81.3 Å². The molecule has 0 heteroatoms. The van der Waals surface area contributed by atoms with Gasteiger partial charge in [0.05, 0.1) is 0 Å². The van der Waals surface area contributed by atoms with Gasteiger partial charge in [-0.25, -0.2) is 0 Å². The lowest BCUT2D eigenvalue weighted by Crippen LogP contribution is -1.84. The molecule has 70 valence electrons. The minimum atomic E-state index is 1.21. The van der Waals surface area contributed by atoms with Gasteiger partial charge < -0.3 is 0 Å². The highest BCUT2D eigenvalue weighted by atomic mass is 14.0. The molecule has 0 saturated carbocycles. The summed E-state index contributed by atoms with van der Waals surface area (Å²) in [4.78, 5) is 0. The van der Waals surface area contributed by atoms with Gasteiger partial charge in [0.1, 0.15) is 0 Å². The number of rotatable bonds is 4. The lowest BCUT2D eigenvalue weighted by Gasteiger charge is -2.00. The van der Waals surface area contributed by atoms with Crippen LogP contribution in [0.2, 0.25) is 0 Å². The quantitative estimate of drug-likeness (QED) is 0.645. The second-order valence-corrected chi connectivity index (χ2v) is 3.35. The molecule has 1 rings (SSSR count). The first kappa shape index (κ1) is 10.0. The van der Waals surface area contributed by atoms with Crippen molar-refractivity contribution in [3.63, 3.8) is 0 Å². The highest BCUT2D eigenvalue weighted by molar-refractivity contribution is 5.49. The molecule has 0 aliphatic rings. The Morgan fingerprint density at radius 3 is 2.85 bits per heavy atom. The van der Waals surface area contributed by atoms with Crippen molar-refractivity contribution in [2.45, 2.75) is 33.1 Å². The van der Waals surface area contributed by atoms with Gasteiger partial charge in [0, 0.05) is 0 Å². The normalized spacial score (nSPS) is 10.9. The fourth-order valence-electron chi connectivity index (χ4n) is 1.43. The van der Waals surface area contributed by atoms with Crippen LogP contribution in [0.3, 0.4) is 0 Å². The molecule has 0 bridgehead atoms. The largest absolute Gasteiger partial charge is 0.0871 e. The van der Waals surface area contributed by atoms with Crippen LogP contribution in [0.25, 0.3) is 6.08 Å². The highest BCUT2D eigenvalue weighted by Gasteiger charge is 1.92. The summed E-state index contributed by atoms with van der Waals surface area (Å²) >= 11 is 0. The van der Waals surface area contributed by atoms with Crippen molar-refractivity contribution in [3.05, 3.63) is 41.5 Å². The molecule has 1 aromatic rings. The average molecular weight is 174 g/mol. The van der Waals surface area contributed by atoms with E-state index in [4.69, 9.17) is 0 Å². The van der Waals surface area contributed by atoms with Gasteiger partial charge in [0.15, 0.2) is 0 Å². The van der Waals surface area contributed by atoms with Gasteiger partial charge in [0.25, 0.3) is 0 Å². The van der Waals surface area contributed by atoms with Crippen LogP contribution in [0, 0.1) is 0 Å². The second kappa shape index (κ2) is 5.58. The van der Waals surface area contributed by atoms with Crippen molar-refractivity contribution in [1.29, 1.82) is 0 Å². The van der Waals surface area contributed by atoms with E-state index in [1.807, 2.05) is 0 Å². The molecule has 0 spiro atoms. The first-order valence-electron chi connectivity index (χ1n) is 5.08. The van der Waals surface area contributed by atoms with Crippen LogP contribution < -0.4 is 0 Å². The number of allylic oxidation sites excluding steroid dienone is 1. The predicted molar refractivity (Wildman–Crippen MR) is 59.8 cm³/mol. The van der Waals surface area contributed by atoms with Crippen LogP contribution in [-0.4, -0.2) is 0 Å². The summed E-state index contributed by atoms with van der Waals surface area (Å²) in [5.74, 6) is 0. The highest BCUT2D eigenvalue weighted by Crippen LogP contribution is 2.09. The molecule has 0 unspecified atom stereocenters. The molecular formula is C13H18. The van der Waals surface area contributed by atoms with E-state index in [9.17, 15) is 0 Å². The zero-order chi connectivity index (χ0) is 9.52. The molecule has 0 amide bonds. The van der Waals surface area contributed by atoms with Crippen molar-refractivity contribution in [1.82, 2.24) is 0 Å². The fourth-order valence-corrected chi connectivity index (χ4v) is 1.43. The number of hydrogen-bond donors (Lipinski definition) is 0. The number of unbranched alkanes of at least 4 members (excludes halogenated alkanes) is 1. The Bertz CT molecular complexity index is 271. The molecular weight excluding hydrogens is 156 g/mol. The van der Waals surface area contributed by atoms with E-state index in [0.717, 1.165) is 0 Å². The Kier molecular flexibility index (Phi) is 4.31. The van der Waals surface area contributed by atoms with Gasteiger partial charge in [-0.2, -0.15) is 0 Å². The van der Waals surface area contributed by atoms with Crippen molar-refractivity contribution >= 4 is 6.08 Å². The molecule has 0 fully saturated rings. The lowest BCUT2D eigenvalue weighted by molar-refractivity contribution is 0.795. The van der Waals surface area contributed by atoms with E-state index in [1.165, 1.54) is 30.4 Å². The maximum Gasteiger partial charge on any atom is -0.0257 e. The molecule has 0 atom stereocenters. The predicted octanol–water partition coefficient (Wildman–Crippen LogP) is 4.06. The van der Waals surface area contributed by atoms with Gasteiger partial charge in [-0.05, 0) is 30.9 Å². The van der Waals surface area contributed by atoms with Crippen molar-refractivity contribution in [3.8, 4) is 0 Å². The van der Waals surface area contributed by atoms with Crippen LogP contribution in [0.1, 0.15) is 37.8 Å². The molecule has 0 nitrogen and oxygen atoms in total. The average Bonchev–Trinajstić information content (AvgIpc) is 2.16. The van der Waals surface area contributed by atoms with Crippen molar-refractivity contribution in [2.75, 3.05) is 0 Å². The molecule has 13 heavy (non-hydrogen) atoms. The standard InChI is InChI=1S/C13H18/c1-3-5-8-13-10-6-9-12(11-13)7-4-2/h4,6-7,9-11H,3,5,8H2,1-2H3. The third-order valence-corrected chi connectivity index (χ3v) is 2.13. The molecule has 0 aliphatic heterocycles. The molecule has 0 radical (unpaired) electrons. The minimum absolute atomic E-state index is 1.21. The summed E-state index contributed by atoms with van der Waals surface area (Å²) < 4.78 is 0. The number of benzene rings is 1. The summed E-state index contributed by atoms with van der Waals surface area (Å²) in [6.07, 6.45) is 8.00. The van der Waals surface area contributed by atoms with E-state index in [1.54, 1.807) is 0 Å². The zero-order valence-corrected chi connectivity index (χ0v) is 8.59. The number of hydrogen-bond acceptors (Lipinski definition) is 0. The van der Waals surface area contributed by atoms with Crippen LogP contribution in [0.15, 0.2) is 30.3 Å². The van der Waals surface area contributed by atoms with Crippen molar-refractivity contribution < 1.29 is 0 Å². The van der Waals surface area contributed by atoms with Gasteiger partial charge in [-0.3, -0.25) is 0 Å². The lowest BCUT2D eigenvalue weighted by atomic mass is 10.1. The Morgan fingerprint density at radius 1 is 1.31 bits per heavy atom. The smallest absolute Gasteiger partial charge is 0.0257 e. The molecule has 0 aliphatic carbocycles. The first-order valence-corrected chi connectivity index (χ1v) is 5.08. The minimum Gasteiger partial charge on any atom is -0.0871 e. The summed E-state index contributed by atoms with van der Waals surface area (Å²) in [7, 11) is 0. The van der Waals surface area contributed by atoms with E-state index in [0.29, 0.717) is 0 Å². The Balaban J connectivity index is 2.67. The third kappa shape index (κ3) is 3.45. The van der Waals surface area contributed by atoms with Gasteiger partial charge in [0.2, 0.25) is 0 Å². The van der Waals surface area contributed by atoms with Gasteiger partial charge in [-0.1, -0.05) is 49.8 Å². The molecule has 0 aromatic heterocycles. The summed E-state index contributed by atoms with van der Waals surface area (Å²) in [6, 6.07) is 8.77. The van der Waals surface area contributed by atoms with Crippen LogP contribution in [0.4, 0.5) is 0 Å². The van der Waals surface area contributed by atoms with E-state index in [-0.39, 0.29) is 0 Å². The molecule has 0 N–H and O–H groups in total. The Morgan fingerprint density at radius 2 is 2.15 bits per heavy atom. The summed E-state index contributed by atoms with van der Waals surface area (Å²) in [6.45, 7) is 4.29. The van der Waals surface area contributed by atoms with Gasteiger partial charge in [-0.15, -0.1) is 0 Å².